The second-order valence-electron chi connectivity index (χ2n) is 8.76. The first kappa shape index (κ1) is 28.9. The number of carbonyl (C=O) groups is 2. The maximum absolute atomic E-state index is 11.9. The third-order valence-corrected chi connectivity index (χ3v) is 5.57. The molecule has 0 aliphatic rings. The summed E-state index contributed by atoms with van der Waals surface area (Å²) in [5.74, 6) is -0.0961. The fraction of sp³-hybridized carbons (Fsp3) is 0.923. The van der Waals surface area contributed by atoms with E-state index in [1.807, 2.05) is 6.92 Å². The van der Waals surface area contributed by atoms with Gasteiger partial charge in [0.2, 0.25) is 0 Å². The van der Waals surface area contributed by atoms with Crippen LogP contribution >= 0.6 is 0 Å². The summed E-state index contributed by atoms with van der Waals surface area (Å²) in [6.45, 7) is 7.01. The van der Waals surface area contributed by atoms with E-state index in [9.17, 15) is 9.59 Å². The molecule has 0 aromatic heterocycles. The second kappa shape index (κ2) is 22.6. The number of hydrogen-bond acceptors (Lipinski definition) is 4. The van der Waals surface area contributed by atoms with Gasteiger partial charge in [-0.3, -0.25) is 9.59 Å². The van der Waals surface area contributed by atoms with Gasteiger partial charge in [0.1, 0.15) is 0 Å². The van der Waals surface area contributed by atoms with Crippen LogP contribution in [-0.2, 0) is 19.1 Å². The number of ether oxygens (including phenoxy) is 2. The Morgan fingerprint density at radius 2 is 1.07 bits per heavy atom. The van der Waals surface area contributed by atoms with Gasteiger partial charge in [-0.05, 0) is 39.0 Å². The van der Waals surface area contributed by atoms with Crippen molar-refractivity contribution in [2.45, 2.75) is 149 Å². The van der Waals surface area contributed by atoms with Gasteiger partial charge in [-0.2, -0.15) is 0 Å². The van der Waals surface area contributed by atoms with Crippen molar-refractivity contribution in [2.75, 3.05) is 6.61 Å². The maximum atomic E-state index is 11.9. The number of carbonyl (C=O) groups excluding carboxylic acids is 2. The Morgan fingerprint density at radius 1 is 0.600 bits per heavy atom. The van der Waals surface area contributed by atoms with E-state index >= 15 is 0 Å². The minimum Gasteiger partial charge on any atom is -0.466 e. The minimum atomic E-state index is -0.0499. The number of hydrogen-bond donors (Lipinski definition) is 0. The third kappa shape index (κ3) is 21.6. The van der Waals surface area contributed by atoms with E-state index in [0.29, 0.717) is 19.4 Å². The van der Waals surface area contributed by atoms with Crippen molar-refractivity contribution in [1.29, 1.82) is 0 Å². The first-order chi connectivity index (χ1) is 14.6. The Labute approximate surface area is 186 Å². The first-order valence-electron chi connectivity index (χ1n) is 12.9. The fourth-order valence-corrected chi connectivity index (χ4v) is 3.59. The van der Waals surface area contributed by atoms with Gasteiger partial charge in [0, 0.05) is 12.8 Å². The number of esters is 2. The highest BCUT2D eigenvalue weighted by molar-refractivity contribution is 5.69. The molecule has 0 aliphatic heterocycles. The quantitative estimate of drug-likeness (QED) is 0.130. The predicted octanol–water partition coefficient (Wildman–Crippen LogP) is 7.91. The lowest BCUT2D eigenvalue weighted by Crippen LogP contribution is -2.14. The topological polar surface area (TPSA) is 52.6 Å². The van der Waals surface area contributed by atoms with Crippen molar-refractivity contribution in [3.63, 3.8) is 0 Å². The highest BCUT2D eigenvalue weighted by Gasteiger charge is 2.09. The monoisotopic (exact) mass is 426 g/mol. The predicted molar refractivity (Wildman–Crippen MR) is 126 cm³/mol. The van der Waals surface area contributed by atoms with Crippen molar-refractivity contribution >= 4 is 11.9 Å². The number of rotatable bonds is 22. The van der Waals surface area contributed by atoms with Crippen LogP contribution in [0.1, 0.15) is 143 Å². The molecule has 0 radical (unpaired) electrons. The molecule has 0 N–H and O–H groups in total. The molecule has 0 saturated carbocycles. The summed E-state index contributed by atoms with van der Waals surface area (Å²) in [6.07, 6.45) is 20.4. The zero-order valence-electron chi connectivity index (χ0n) is 20.4. The van der Waals surface area contributed by atoms with Crippen LogP contribution in [0.4, 0.5) is 0 Å². The lowest BCUT2D eigenvalue weighted by molar-refractivity contribution is -0.148. The molecule has 30 heavy (non-hydrogen) atoms. The molecule has 0 heterocycles. The van der Waals surface area contributed by atoms with Gasteiger partial charge in [-0.25, -0.2) is 0 Å². The van der Waals surface area contributed by atoms with Crippen LogP contribution in [0.5, 0.6) is 0 Å². The summed E-state index contributed by atoms with van der Waals surface area (Å²) < 4.78 is 10.8. The van der Waals surface area contributed by atoms with Crippen molar-refractivity contribution < 1.29 is 19.1 Å². The SMILES string of the molecule is CCCCCCCCOC(=O)CCCCCCCCC(=O)OC(C)CCCCCC. The largest absolute Gasteiger partial charge is 0.466 e. The standard InChI is InChI=1S/C26H50O4/c1-4-6-8-10-15-19-23-29-25(27)21-17-13-11-12-14-18-22-26(28)30-24(3)20-16-9-7-5-2/h24H,4-23H2,1-3H3. The van der Waals surface area contributed by atoms with Crippen molar-refractivity contribution in [3.8, 4) is 0 Å². The lowest BCUT2D eigenvalue weighted by Gasteiger charge is -2.13. The normalized spacial score (nSPS) is 12.0. The highest BCUT2D eigenvalue weighted by Crippen LogP contribution is 2.12. The first-order valence-corrected chi connectivity index (χ1v) is 12.9. The van der Waals surface area contributed by atoms with E-state index in [0.717, 1.165) is 57.8 Å². The molecule has 0 aliphatic carbocycles. The molecule has 0 bridgehead atoms. The summed E-state index contributed by atoms with van der Waals surface area (Å²) in [5, 5.41) is 0. The minimum absolute atomic E-state index is 0.0462. The fourth-order valence-electron chi connectivity index (χ4n) is 3.59. The molecule has 178 valence electrons. The Balaban J connectivity index is 3.36. The molecule has 1 atom stereocenters. The third-order valence-electron chi connectivity index (χ3n) is 5.57. The molecule has 0 saturated heterocycles. The Hall–Kier alpha value is -1.06. The summed E-state index contributed by atoms with van der Waals surface area (Å²) in [7, 11) is 0. The Morgan fingerprint density at radius 3 is 1.67 bits per heavy atom. The highest BCUT2D eigenvalue weighted by atomic mass is 16.5. The van der Waals surface area contributed by atoms with Crippen molar-refractivity contribution in [3.05, 3.63) is 0 Å². The maximum Gasteiger partial charge on any atom is 0.306 e. The Bertz CT molecular complexity index is 394. The van der Waals surface area contributed by atoms with Gasteiger partial charge in [-0.15, -0.1) is 0 Å². The van der Waals surface area contributed by atoms with Crippen molar-refractivity contribution in [1.82, 2.24) is 0 Å². The molecule has 0 spiro atoms. The van der Waals surface area contributed by atoms with E-state index in [1.165, 1.54) is 51.4 Å². The average molecular weight is 427 g/mol. The van der Waals surface area contributed by atoms with Gasteiger partial charge in [0.15, 0.2) is 0 Å². The van der Waals surface area contributed by atoms with Crippen LogP contribution in [-0.4, -0.2) is 24.6 Å². The van der Waals surface area contributed by atoms with Crippen LogP contribution in [0, 0.1) is 0 Å². The molecule has 0 aromatic carbocycles. The molecular formula is C26H50O4. The van der Waals surface area contributed by atoms with Crippen molar-refractivity contribution in [2.24, 2.45) is 0 Å². The average Bonchev–Trinajstić information content (AvgIpc) is 2.72. The van der Waals surface area contributed by atoms with Gasteiger partial charge < -0.3 is 9.47 Å². The van der Waals surface area contributed by atoms with Gasteiger partial charge in [-0.1, -0.05) is 90.9 Å². The summed E-state index contributed by atoms with van der Waals surface area (Å²) in [6, 6.07) is 0. The Kier molecular flexibility index (Phi) is 21.8. The van der Waals surface area contributed by atoms with Crippen LogP contribution in [0.15, 0.2) is 0 Å². The van der Waals surface area contributed by atoms with Gasteiger partial charge in [0.05, 0.1) is 12.7 Å². The van der Waals surface area contributed by atoms with E-state index in [-0.39, 0.29) is 18.0 Å². The van der Waals surface area contributed by atoms with Gasteiger partial charge in [0.25, 0.3) is 0 Å². The van der Waals surface area contributed by atoms with Gasteiger partial charge >= 0.3 is 11.9 Å². The zero-order valence-corrected chi connectivity index (χ0v) is 20.4. The van der Waals surface area contributed by atoms with E-state index in [4.69, 9.17) is 9.47 Å². The molecule has 0 fully saturated rings. The molecule has 4 nitrogen and oxygen atoms in total. The molecule has 0 amide bonds. The zero-order chi connectivity index (χ0) is 22.3. The summed E-state index contributed by atoms with van der Waals surface area (Å²) in [5.41, 5.74) is 0. The molecule has 0 rings (SSSR count). The molecule has 0 aromatic rings. The molecular weight excluding hydrogens is 376 g/mol. The number of unbranched alkanes of at least 4 members (excludes halogenated alkanes) is 13. The van der Waals surface area contributed by atoms with Crippen LogP contribution < -0.4 is 0 Å². The molecule has 4 heteroatoms. The van der Waals surface area contributed by atoms with Crippen LogP contribution in [0.2, 0.25) is 0 Å². The smallest absolute Gasteiger partial charge is 0.306 e. The van der Waals surface area contributed by atoms with E-state index < -0.39 is 0 Å². The molecule has 1 unspecified atom stereocenters. The second-order valence-corrected chi connectivity index (χ2v) is 8.76. The van der Waals surface area contributed by atoms with E-state index in [1.54, 1.807) is 0 Å². The van der Waals surface area contributed by atoms with Crippen LogP contribution in [0.3, 0.4) is 0 Å². The van der Waals surface area contributed by atoms with E-state index in [2.05, 4.69) is 13.8 Å². The van der Waals surface area contributed by atoms with Crippen LogP contribution in [0.25, 0.3) is 0 Å². The summed E-state index contributed by atoms with van der Waals surface area (Å²) in [4.78, 5) is 23.6. The summed E-state index contributed by atoms with van der Waals surface area (Å²) >= 11 is 0. The lowest BCUT2D eigenvalue weighted by atomic mass is 10.1.